The highest BCUT2D eigenvalue weighted by molar-refractivity contribution is 9.10. The van der Waals surface area contributed by atoms with Crippen LogP contribution in [0.25, 0.3) is 6.08 Å². The average Bonchev–Trinajstić information content (AvgIpc) is 2.48. The van der Waals surface area contributed by atoms with Crippen molar-refractivity contribution in [3.8, 4) is 0 Å². The van der Waals surface area contributed by atoms with Crippen molar-refractivity contribution in [1.82, 2.24) is 4.98 Å². The van der Waals surface area contributed by atoms with Gasteiger partial charge in [0.1, 0.15) is 5.69 Å². The van der Waals surface area contributed by atoms with Crippen LogP contribution in [0.3, 0.4) is 0 Å². The molecule has 108 valence electrons. The van der Waals surface area contributed by atoms with E-state index in [2.05, 4.69) is 20.9 Å². The van der Waals surface area contributed by atoms with E-state index in [-0.39, 0.29) is 17.9 Å². The molecule has 1 heterocycles. The second-order valence-electron chi connectivity index (χ2n) is 4.31. The molecule has 0 unspecified atom stereocenters. The third-order valence-electron chi connectivity index (χ3n) is 2.69. The van der Waals surface area contributed by atoms with Crippen LogP contribution >= 0.6 is 15.9 Å². The Labute approximate surface area is 130 Å². The molecular formula is C16H14BrNO3. The number of hydrogen-bond acceptors (Lipinski definition) is 3. The van der Waals surface area contributed by atoms with Crippen LogP contribution in [0.5, 0.6) is 0 Å². The van der Waals surface area contributed by atoms with Crippen molar-refractivity contribution in [3.05, 3.63) is 74.6 Å². The summed E-state index contributed by atoms with van der Waals surface area (Å²) in [5.41, 5.74) is 0.927. The van der Waals surface area contributed by atoms with Gasteiger partial charge in [-0.2, -0.15) is 0 Å². The monoisotopic (exact) mass is 347 g/mol. The normalized spacial score (nSPS) is 10.7. The number of pyridine rings is 1. The third-order valence-corrected chi connectivity index (χ3v) is 3.21. The molecule has 0 saturated heterocycles. The highest BCUT2D eigenvalue weighted by Gasteiger charge is 2.06. The highest BCUT2D eigenvalue weighted by Crippen LogP contribution is 2.11. The maximum Gasteiger partial charge on any atom is 0.354 e. The molecule has 4 nitrogen and oxygen atoms in total. The summed E-state index contributed by atoms with van der Waals surface area (Å²) in [6.07, 6.45) is 4.51. The number of aromatic nitrogens is 1. The summed E-state index contributed by atoms with van der Waals surface area (Å²) in [6.45, 7) is 0.267. The van der Waals surface area contributed by atoms with E-state index in [0.29, 0.717) is 6.42 Å². The number of rotatable bonds is 5. The standard InChI is InChI=1S/C16H14BrNO3/c17-13-9-7-12(8-10-13)4-1-2-11-21-16(20)14-5-3-6-15(19)18-14/h1,3-10H,2,11H2,(H,18,19)/b4-1+. The topological polar surface area (TPSA) is 59.2 Å². The van der Waals surface area contributed by atoms with Gasteiger partial charge in [0, 0.05) is 10.5 Å². The molecule has 1 N–H and O–H groups in total. The average molecular weight is 348 g/mol. The molecule has 0 spiro atoms. The van der Waals surface area contributed by atoms with Gasteiger partial charge < -0.3 is 9.72 Å². The molecule has 0 aliphatic heterocycles. The van der Waals surface area contributed by atoms with Crippen LogP contribution in [0.4, 0.5) is 0 Å². The van der Waals surface area contributed by atoms with Crippen LogP contribution in [0.15, 0.2) is 57.8 Å². The molecule has 5 heteroatoms. The summed E-state index contributed by atoms with van der Waals surface area (Å²) in [5.74, 6) is -0.523. The second kappa shape index (κ2) is 7.59. The molecule has 0 atom stereocenters. The van der Waals surface area contributed by atoms with Crippen molar-refractivity contribution in [2.75, 3.05) is 6.61 Å². The summed E-state index contributed by atoms with van der Waals surface area (Å²) in [7, 11) is 0. The molecule has 0 saturated carbocycles. The maximum atomic E-state index is 11.6. The molecule has 0 fully saturated rings. The van der Waals surface area contributed by atoms with Crippen LogP contribution in [-0.2, 0) is 4.74 Å². The lowest BCUT2D eigenvalue weighted by Crippen LogP contribution is -2.14. The van der Waals surface area contributed by atoms with Crippen LogP contribution < -0.4 is 5.56 Å². The van der Waals surface area contributed by atoms with E-state index < -0.39 is 5.97 Å². The van der Waals surface area contributed by atoms with E-state index in [1.54, 1.807) is 0 Å². The van der Waals surface area contributed by atoms with Crippen LogP contribution in [0, 0.1) is 0 Å². The van der Waals surface area contributed by atoms with Crippen LogP contribution in [0.1, 0.15) is 22.5 Å². The number of aromatic amines is 1. The number of esters is 1. The predicted molar refractivity (Wildman–Crippen MR) is 85.1 cm³/mol. The predicted octanol–water partition coefficient (Wildman–Crippen LogP) is 3.40. The first kappa shape index (κ1) is 15.3. The maximum absolute atomic E-state index is 11.6. The Kier molecular flexibility index (Phi) is 5.51. The van der Waals surface area contributed by atoms with Gasteiger partial charge in [-0.05, 0) is 30.2 Å². The van der Waals surface area contributed by atoms with Crippen LogP contribution in [-0.4, -0.2) is 17.6 Å². The summed E-state index contributed by atoms with van der Waals surface area (Å²) in [5, 5.41) is 0. The molecule has 0 aliphatic carbocycles. The number of carbonyl (C=O) groups excluding carboxylic acids is 1. The minimum Gasteiger partial charge on any atom is -0.461 e. The molecule has 1 aromatic heterocycles. The van der Waals surface area contributed by atoms with Gasteiger partial charge in [-0.1, -0.05) is 46.3 Å². The first-order chi connectivity index (χ1) is 10.1. The second-order valence-corrected chi connectivity index (χ2v) is 5.22. The van der Waals surface area contributed by atoms with Crippen molar-refractivity contribution in [2.45, 2.75) is 6.42 Å². The largest absolute Gasteiger partial charge is 0.461 e. The zero-order valence-electron chi connectivity index (χ0n) is 11.2. The molecule has 2 rings (SSSR count). The third kappa shape index (κ3) is 5.04. The summed E-state index contributed by atoms with van der Waals surface area (Å²) >= 11 is 3.37. The molecule has 0 amide bonds. The summed E-state index contributed by atoms with van der Waals surface area (Å²) in [6, 6.07) is 12.3. The molecular weight excluding hydrogens is 334 g/mol. The fourth-order valence-electron chi connectivity index (χ4n) is 1.66. The van der Waals surface area contributed by atoms with Gasteiger partial charge in [-0.25, -0.2) is 4.79 Å². The number of hydrogen-bond donors (Lipinski definition) is 1. The Bertz CT molecular complexity index is 689. The lowest BCUT2D eigenvalue weighted by Gasteiger charge is -2.02. The van der Waals surface area contributed by atoms with Crippen LogP contribution in [0.2, 0.25) is 0 Å². The van der Waals surface area contributed by atoms with E-state index in [1.807, 2.05) is 36.4 Å². The van der Waals surface area contributed by atoms with Gasteiger partial charge in [-0.3, -0.25) is 4.79 Å². The first-order valence-electron chi connectivity index (χ1n) is 6.44. The summed E-state index contributed by atoms with van der Waals surface area (Å²) in [4.78, 5) is 25.1. The minimum atomic E-state index is -0.523. The Balaban J connectivity index is 1.78. The number of benzene rings is 1. The van der Waals surface area contributed by atoms with Crippen molar-refractivity contribution >= 4 is 28.0 Å². The van der Waals surface area contributed by atoms with Gasteiger partial charge in [-0.15, -0.1) is 0 Å². The molecule has 1 aromatic carbocycles. The molecule has 0 radical (unpaired) electrons. The summed E-state index contributed by atoms with van der Waals surface area (Å²) < 4.78 is 6.11. The Morgan fingerprint density at radius 1 is 1.19 bits per heavy atom. The smallest absolute Gasteiger partial charge is 0.354 e. The van der Waals surface area contributed by atoms with E-state index in [9.17, 15) is 9.59 Å². The van der Waals surface area contributed by atoms with Crippen molar-refractivity contribution in [3.63, 3.8) is 0 Å². The number of ether oxygens (including phenoxy) is 1. The van der Waals surface area contributed by atoms with Crippen molar-refractivity contribution in [1.29, 1.82) is 0 Å². The number of halogens is 1. The molecule has 0 bridgehead atoms. The number of H-pyrrole nitrogens is 1. The van der Waals surface area contributed by atoms with E-state index in [0.717, 1.165) is 10.0 Å². The lowest BCUT2D eigenvalue weighted by atomic mass is 10.2. The lowest BCUT2D eigenvalue weighted by molar-refractivity contribution is 0.0504. The Morgan fingerprint density at radius 2 is 1.95 bits per heavy atom. The highest BCUT2D eigenvalue weighted by atomic mass is 79.9. The fourth-order valence-corrected chi connectivity index (χ4v) is 1.92. The van der Waals surface area contributed by atoms with Crippen molar-refractivity contribution in [2.24, 2.45) is 0 Å². The van der Waals surface area contributed by atoms with Gasteiger partial charge in [0.25, 0.3) is 0 Å². The first-order valence-corrected chi connectivity index (χ1v) is 7.23. The quantitative estimate of drug-likeness (QED) is 0.666. The zero-order chi connectivity index (χ0) is 15.1. The Hall–Kier alpha value is -2.14. The van der Waals surface area contributed by atoms with Crippen molar-refractivity contribution < 1.29 is 9.53 Å². The molecule has 21 heavy (non-hydrogen) atoms. The van der Waals surface area contributed by atoms with E-state index in [4.69, 9.17) is 4.74 Å². The molecule has 2 aromatic rings. The number of nitrogens with one attached hydrogen (secondary N) is 1. The van der Waals surface area contributed by atoms with E-state index >= 15 is 0 Å². The van der Waals surface area contributed by atoms with E-state index in [1.165, 1.54) is 18.2 Å². The van der Waals surface area contributed by atoms with Gasteiger partial charge in [0.2, 0.25) is 5.56 Å². The Morgan fingerprint density at radius 3 is 2.67 bits per heavy atom. The van der Waals surface area contributed by atoms with Gasteiger partial charge >= 0.3 is 5.97 Å². The minimum absolute atomic E-state index is 0.166. The SMILES string of the molecule is O=C(OCC/C=C/c1ccc(Br)cc1)c1cccc(=O)[nH]1. The number of carbonyl (C=O) groups is 1. The zero-order valence-corrected chi connectivity index (χ0v) is 12.8. The fraction of sp³-hybridized carbons (Fsp3) is 0.125. The van der Waals surface area contributed by atoms with Gasteiger partial charge in [0.15, 0.2) is 0 Å². The molecule has 0 aliphatic rings. The van der Waals surface area contributed by atoms with Gasteiger partial charge in [0.05, 0.1) is 6.61 Å².